The van der Waals surface area contributed by atoms with E-state index in [1.807, 2.05) is 27.1 Å². The van der Waals surface area contributed by atoms with Crippen molar-refractivity contribution in [3.05, 3.63) is 59.2 Å². The van der Waals surface area contributed by atoms with Gasteiger partial charge in [0.25, 0.3) is 0 Å². The number of carboxylic acid groups (broad SMARTS) is 1. The number of anilines is 2. The van der Waals surface area contributed by atoms with E-state index in [-0.39, 0.29) is 0 Å². The molecule has 0 unspecified atom stereocenters. The average Bonchev–Trinajstić information content (AvgIpc) is 2.46. The number of carboxylic acids is 1. The van der Waals surface area contributed by atoms with Gasteiger partial charge in [-0.1, -0.05) is 18.2 Å². The number of aromatic carboxylic acids is 1. The SMILES string of the molecule is Cc1ccc(C(=O)O)cc1NCc1ccc(N(C)C)cc1. The molecule has 2 aromatic carbocycles. The largest absolute Gasteiger partial charge is 0.478 e. The molecule has 0 spiro atoms. The second-order valence-electron chi connectivity index (χ2n) is 5.25. The van der Waals surface area contributed by atoms with Crippen molar-refractivity contribution in [3.63, 3.8) is 0 Å². The van der Waals surface area contributed by atoms with E-state index in [0.29, 0.717) is 12.1 Å². The van der Waals surface area contributed by atoms with E-state index in [1.54, 1.807) is 12.1 Å². The maximum atomic E-state index is 11.0. The van der Waals surface area contributed by atoms with Gasteiger partial charge in [-0.2, -0.15) is 0 Å². The molecule has 0 heterocycles. The van der Waals surface area contributed by atoms with Gasteiger partial charge in [0, 0.05) is 32.0 Å². The summed E-state index contributed by atoms with van der Waals surface area (Å²) in [5, 5.41) is 12.3. The quantitative estimate of drug-likeness (QED) is 0.884. The Morgan fingerprint density at radius 1 is 1.14 bits per heavy atom. The lowest BCUT2D eigenvalue weighted by molar-refractivity contribution is 0.0697. The van der Waals surface area contributed by atoms with Gasteiger partial charge in [0.15, 0.2) is 0 Å². The highest BCUT2D eigenvalue weighted by Crippen LogP contribution is 2.19. The van der Waals surface area contributed by atoms with Crippen molar-refractivity contribution in [2.24, 2.45) is 0 Å². The van der Waals surface area contributed by atoms with E-state index >= 15 is 0 Å². The first-order valence-corrected chi connectivity index (χ1v) is 6.81. The van der Waals surface area contributed by atoms with Crippen LogP contribution in [0.5, 0.6) is 0 Å². The lowest BCUT2D eigenvalue weighted by Gasteiger charge is -2.14. The van der Waals surface area contributed by atoms with Crippen molar-refractivity contribution in [1.29, 1.82) is 0 Å². The van der Waals surface area contributed by atoms with Crippen molar-refractivity contribution in [2.75, 3.05) is 24.3 Å². The van der Waals surface area contributed by atoms with E-state index in [9.17, 15) is 4.79 Å². The standard InChI is InChI=1S/C17H20N2O2/c1-12-4-7-14(17(20)21)10-16(12)18-11-13-5-8-15(9-6-13)19(2)3/h4-10,18H,11H2,1-3H3,(H,20,21). The van der Waals surface area contributed by atoms with Crippen molar-refractivity contribution in [3.8, 4) is 0 Å². The summed E-state index contributed by atoms with van der Waals surface area (Å²) < 4.78 is 0. The summed E-state index contributed by atoms with van der Waals surface area (Å²) in [5.74, 6) is -0.909. The normalized spacial score (nSPS) is 10.2. The average molecular weight is 284 g/mol. The third-order valence-electron chi connectivity index (χ3n) is 3.42. The number of nitrogens with one attached hydrogen (secondary N) is 1. The number of nitrogens with zero attached hydrogens (tertiary/aromatic N) is 1. The Kier molecular flexibility index (Phi) is 4.48. The fraction of sp³-hybridized carbons (Fsp3) is 0.235. The minimum atomic E-state index is -0.909. The molecule has 4 heteroatoms. The van der Waals surface area contributed by atoms with Gasteiger partial charge < -0.3 is 15.3 Å². The molecule has 0 aliphatic heterocycles. The maximum absolute atomic E-state index is 11.0. The fourth-order valence-corrected chi connectivity index (χ4v) is 2.05. The zero-order valence-corrected chi connectivity index (χ0v) is 12.6. The number of carbonyl (C=O) groups is 1. The van der Waals surface area contributed by atoms with Gasteiger partial charge in [-0.15, -0.1) is 0 Å². The number of aryl methyl sites for hydroxylation is 1. The molecular formula is C17H20N2O2. The molecule has 0 radical (unpaired) electrons. The van der Waals surface area contributed by atoms with Crippen LogP contribution in [0, 0.1) is 6.92 Å². The molecule has 0 saturated heterocycles. The third-order valence-corrected chi connectivity index (χ3v) is 3.42. The summed E-state index contributed by atoms with van der Waals surface area (Å²) in [4.78, 5) is 13.1. The summed E-state index contributed by atoms with van der Waals surface area (Å²) in [6.45, 7) is 2.63. The third kappa shape index (κ3) is 3.75. The molecule has 4 nitrogen and oxygen atoms in total. The van der Waals surface area contributed by atoms with Gasteiger partial charge in [0.05, 0.1) is 5.56 Å². The topological polar surface area (TPSA) is 52.6 Å². The summed E-state index contributed by atoms with van der Waals surface area (Å²) in [6, 6.07) is 13.4. The Balaban J connectivity index is 2.09. The van der Waals surface area contributed by atoms with E-state index in [2.05, 4.69) is 34.5 Å². The Morgan fingerprint density at radius 2 is 1.81 bits per heavy atom. The van der Waals surface area contributed by atoms with Crippen molar-refractivity contribution < 1.29 is 9.90 Å². The highest BCUT2D eigenvalue weighted by Gasteiger charge is 2.06. The molecule has 0 aliphatic carbocycles. The monoisotopic (exact) mass is 284 g/mol. The highest BCUT2D eigenvalue weighted by atomic mass is 16.4. The Hall–Kier alpha value is -2.49. The van der Waals surface area contributed by atoms with Crippen LogP contribution in [-0.2, 0) is 6.54 Å². The first-order chi connectivity index (χ1) is 9.97. The maximum Gasteiger partial charge on any atom is 0.335 e. The number of hydrogen-bond donors (Lipinski definition) is 2. The lowest BCUT2D eigenvalue weighted by atomic mass is 10.1. The molecule has 0 aromatic heterocycles. The van der Waals surface area contributed by atoms with Crippen LogP contribution in [0.2, 0.25) is 0 Å². The minimum Gasteiger partial charge on any atom is -0.478 e. The smallest absolute Gasteiger partial charge is 0.335 e. The van der Waals surface area contributed by atoms with Gasteiger partial charge in [-0.3, -0.25) is 0 Å². The minimum absolute atomic E-state index is 0.297. The molecule has 2 rings (SSSR count). The zero-order valence-electron chi connectivity index (χ0n) is 12.6. The first kappa shape index (κ1) is 14.9. The summed E-state index contributed by atoms with van der Waals surface area (Å²) >= 11 is 0. The molecule has 2 aromatic rings. The van der Waals surface area contributed by atoms with Gasteiger partial charge in [-0.05, 0) is 42.3 Å². The molecule has 2 N–H and O–H groups in total. The van der Waals surface area contributed by atoms with Crippen molar-refractivity contribution >= 4 is 17.3 Å². The molecule has 0 atom stereocenters. The van der Waals surface area contributed by atoms with E-state index < -0.39 is 5.97 Å². The fourth-order valence-electron chi connectivity index (χ4n) is 2.05. The summed E-state index contributed by atoms with van der Waals surface area (Å²) in [7, 11) is 4.02. The molecule has 0 saturated carbocycles. The van der Waals surface area contributed by atoms with Crippen LogP contribution >= 0.6 is 0 Å². The number of benzene rings is 2. The predicted molar refractivity (Wildman–Crippen MR) is 86.2 cm³/mol. The highest BCUT2D eigenvalue weighted by molar-refractivity contribution is 5.89. The van der Waals surface area contributed by atoms with E-state index in [1.165, 1.54) is 0 Å². The second-order valence-corrected chi connectivity index (χ2v) is 5.25. The van der Waals surface area contributed by atoms with Crippen LogP contribution in [0.3, 0.4) is 0 Å². The Labute approximate surface area is 125 Å². The van der Waals surface area contributed by atoms with Crippen molar-refractivity contribution in [2.45, 2.75) is 13.5 Å². The Bertz CT molecular complexity index is 634. The van der Waals surface area contributed by atoms with Crippen LogP contribution in [-0.4, -0.2) is 25.2 Å². The van der Waals surface area contributed by atoms with Gasteiger partial charge >= 0.3 is 5.97 Å². The van der Waals surface area contributed by atoms with Gasteiger partial charge in [-0.25, -0.2) is 4.79 Å². The summed E-state index contributed by atoms with van der Waals surface area (Å²) in [6.07, 6.45) is 0. The number of hydrogen-bond acceptors (Lipinski definition) is 3. The van der Waals surface area contributed by atoms with Crippen LogP contribution < -0.4 is 10.2 Å². The van der Waals surface area contributed by atoms with Crippen LogP contribution in [0.4, 0.5) is 11.4 Å². The van der Waals surface area contributed by atoms with Crippen LogP contribution in [0.25, 0.3) is 0 Å². The van der Waals surface area contributed by atoms with Crippen LogP contribution in [0.1, 0.15) is 21.5 Å². The molecule has 0 bridgehead atoms. The zero-order chi connectivity index (χ0) is 15.4. The van der Waals surface area contributed by atoms with E-state index in [4.69, 9.17) is 5.11 Å². The van der Waals surface area contributed by atoms with Crippen LogP contribution in [0.15, 0.2) is 42.5 Å². The molecule has 110 valence electrons. The predicted octanol–water partition coefficient (Wildman–Crippen LogP) is 3.37. The molecule has 0 fully saturated rings. The van der Waals surface area contributed by atoms with Gasteiger partial charge in [0.2, 0.25) is 0 Å². The molecule has 0 aliphatic rings. The second kappa shape index (κ2) is 6.31. The molecule has 0 amide bonds. The lowest BCUT2D eigenvalue weighted by Crippen LogP contribution is -2.08. The van der Waals surface area contributed by atoms with Gasteiger partial charge in [0.1, 0.15) is 0 Å². The van der Waals surface area contributed by atoms with Crippen molar-refractivity contribution in [1.82, 2.24) is 0 Å². The number of rotatable bonds is 5. The molecular weight excluding hydrogens is 264 g/mol. The molecule has 21 heavy (non-hydrogen) atoms. The Morgan fingerprint density at radius 3 is 2.38 bits per heavy atom. The first-order valence-electron chi connectivity index (χ1n) is 6.81. The van der Waals surface area contributed by atoms with E-state index in [0.717, 1.165) is 22.5 Å². The summed E-state index contributed by atoms with van der Waals surface area (Å²) in [5.41, 5.74) is 4.49.